The van der Waals surface area contributed by atoms with Crippen molar-refractivity contribution in [1.82, 2.24) is 4.98 Å². The van der Waals surface area contributed by atoms with Crippen LogP contribution in [0.3, 0.4) is 0 Å². The summed E-state index contributed by atoms with van der Waals surface area (Å²) in [5.74, 6) is 0. The Bertz CT molecular complexity index is 305. The van der Waals surface area contributed by atoms with Gasteiger partial charge in [0.05, 0.1) is 11.2 Å². The number of hydrogen-bond acceptors (Lipinski definition) is 3. The number of nitrogens with zero attached hydrogens (tertiary/aromatic N) is 1. The molecule has 0 unspecified atom stereocenters. The third-order valence-electron chi connectivity index (χ3n) is 3.28. The molecular formula is C11H18N2S. The molecule has 0 amide bonds. The van der Waals surface area contributed by atoms with Crippen molar-refractivity contribution in [3.63, 3.8) is 0 Å². The number of rotatable bonds is 3. The van der Waals surface area contributed by atoms with Crippen molar-refractivity contribution in [2.24, 2.45) is 5.73 Å². The Kier molecular flexibility index (Phi) is 2.62. The van der Waals surface area contributed by atoms with Crippen molar-refractivity contribution in [3.05, 3.63) is 15.6 Å². The Balaban J connectivity index is 2.32. The molecule has 0 atom stereocenters. The quantitative estimate of drug-likeness (QED) is 0.833. The van der Waals surface area contributed by atoms with Gasteiger partial charge in [0.25, 0.3) is 0 Å². The first-order chi connectivity index (χ1) is 6.69. The molecule has 0 radical (unpaired) electrons. The third-order valence-corrected chi connectivity index (χ3v) is 4.66. The van der Waals surface area contributed by atoms with Crippen LogP contribution in [0, 0.1) is 0 Å². The lowest BCUT2D eigenvalue weighted by molar-refractivity contribution is 0.410. The van der Waals surface area contributed by atoms with E-state index in [4.69, 9.17) is 10.7 Å². The van der Waals surface area contributed by atoms with Gasteiger partial charge in [-0.05, 0) is 32.1 Å². The zero-order valence-corrected chi connectivity index (χ0v) is 9.78. The highest BCUT2D eigenvalue weighted by atomic mass is 32.1. The van der Waals surface area contributed by atoms with E-state index in [0.29, 0.717) is 0 Å². The van der Waals surface area contributed by atoms with E-state index in [2.05, 4.69) is 13.8 Å². The summed E-state index contributed by atoms with van der Waals surface area (Å²) in [4.78, 5) is 6.18. The van der Waals surface area contributed by atoms with E-state index in [1.54, 1.807) is 0 Å². The highest BCUT2D eigenvalue weighted by molar-refractivity contribution is 7.12. The molecule has 0 saturated carbocycles. The molecule has 78 valence electrons. The van der Waals surface area contributed by atoms with E-state index in [0.717, 1.165) is 24.3 Å². The molecule has 1 aromatic heterocycles. The highest BCUT2D eigenvalue weighted by Gasteiger charge is 2.29. The summed E-state index contributed by atoms with van der Waals surface area (Å²) in [6.45, 7) is 4.30. The van der Waals surface area contributed by atoms with Gasteiger partial charge in [0.15, 0.2) is 0 Å². The summed E-state index contributed by atoms with van der Waals surface area (Å²) in [5, 5.41) is 1.16. The van der Waals surface area contributed by atoms with Crippen molar-refractivity contribution in [2.45, 2.75) is 51.5 Å². The molecule has 14 heavy (non-hydrogen) atoms. The molecule has 1 aliphatic carbocycles. The average Bonchev–Trinajstić information content (AvgIpc) is 2.76. The Morgan fingerprint density at radius 1 is 1.36 bits per heavy atom. The van der Waals surface area contributed by atoms with Crippen molar-refractivity contribution in [2.75, 3.05) is 0 Å². The summed E-state index contributed by atoms with van der Waals surface area (Å²) in [5.41, 5.74) is 7.48. The topological polar surface area (TPSA) is 38.9 Å². The number of fused-ring (bicyclic) bond motifs is 1. The Labute approximate surface area is 89.5 Å². The summed E-state index contributed by atoms with van der Waals surface area (Å²) >= 11 is 1.84. The molecule has 1 heterocycles. The van der Waals surface area contributed by atoms with Crippen LogP contribution in [0.5, 0.6) is 0 Å². The number of thiazole rings is 1. The molecule has 0 bridgehead atoms. The van der Waals surface area contributed by atoms with E-state index in [-0.39, 0.29) is 5.54 Å². The lowest BCUT2D eigenvalue weighted by Crippen LogP contribution is -2.35. The standard InChI is InChI=1S/C11H18N2S/c1-3-11(12,4-2)10-13-8-6-5-7-9(8)14-10/h3-7,12H2,1-2H3. The molecule has 1 aliphatic rings. The summed E-state index contributed by atoms with van der Waals surface area (Å²) in [6, 6.07) is 0. The second kappa shape index (κ2) is 3.63. The largest absolute Gasteiger partial charge is 0.319 e. The van der Waals surface area contributed by atoms with Gasteiger partial charge in [0.2, 0.25) is 0 Å². The fraction of sp³-hybridized carbons (Fsp3) is 0.727. The average molecular weight is 210 g/mol. The van der Waals surface area contributed by atoms with E-state index in [1.807, 2.05) is 11.3 Å². The van der Waals surface area contributed by atoms with Gasteiger partial charge in [0, 0.05) is 4.88 Å². The van der Waals surface area contributed by atoms with E-state index in [1.165, 1.54) is 23.4 Å². The van der Waals surface area contributed by atoms with Crippen LogP contribution in [0.4, 0.5) is 0 Å². The molecule has 2 nitrogen and oxygen atoms in total. The van der Waals surface area contributed by atoms with Crippen LogP contribution in [0.1, 0.15) is 48.7 Å². The predicted molar refractivity (Wildman–Crippen MR) is 60.6 cm³/mol. The van der Waals surface area contributed by atoms with Crippen molar-refractivity contribution in [1.29, 1.82) is 0 Å². The lowest BCUT2D eigenvalue weighted by atomic mass is 9.95. The summed E-state index contributed by atoms with van der Waals surface area (Å²) < 4.78 is 0. The van der Waals surface area contributed by atoms with Crippen LogP contribution in [0.15, 0.2) is 0 Å². The Morgan fingerprint density at radius 3 is 2.64 bits per heavy atom. The maximum Gasteiger partial charge on any atom is 0.113 e. The molecule has 2 N–H and O–H groups in total. The second-order valence-corrected chi connectivity index (χ2v) is 5.19. The zero-order chi connectivity index (χ0) is 10.2. The van der Waals surface area contributed by atoms with Gasteiger partial charge in [0.1, 0.15) is 5.01 Å². The molecule has 2 rings (SSSR count). The Morgan fingerprint density at radius 2 is 2.07 bits per heavy atom. The maximum atomic E-state index is 6.33. The van der Waals surface area contributed by atoms with Crippen molar-refractivity contribution in [3.8, 4) is 0 Å². The molecular weight excluding hydrogens is 192 g/mol. The van der Waals surface area contributed by atoms with Crippen LogP contribution in [-0.2, 0) is 18.4 Å². The normalized spacial score (nSPS) is 15.9. The molecule has 0 fully saturated rings. The fourth-order valence-electron chi connectivity index (χ4n) is 1.96. The number of hydrogen-bond donors (Lipinski definition) is 1. The van der Waals surface area contributed by atoms with E-state index in [9.17, 15) is 0 Å². The van der Waals surface area contributed by atoms with E-state index < -0.39 is 0 Å². The van der Waals surface area contributed by atoms with Gasteiger partial charge in [-0.2, -0.15) is 0 Å². The monoisotopic (exact) mass is 210 g/mol. The molecule has 0 aliphatic heterocycles. The van der Waals surface area contributed by atoms with Crippen LogP contribution in [0.2, 0.25) is 0 Å². The van der Waals surface area contributed by atoms with E-state index >= 15 is 0 Å². The van der Waals surface area contributed by atoms with Gasteiger partial charge >= 0.3 is 0 Å². The first-order valence-electron chi connectivity index (χ1n) is 5.47. The van der Waals surface area contributed by atoms with Crippen molar-refractivity contribution < 1.29 is 0 Å². The number of nitrogens with two attached hydrogens (primary N) is 1. The third kappa shape index (κ3) is 1.48. The fourth-order valence-corrected chi connectivity index (χ4v) is 3.35. The molecule has 1 aromatic rings. The van der Waals surface area contributed by atoms with Gasteiger partial charge in [-0.3, -0.25) is 0 Å². The van der Waals surface area contributed by atoms with Gasteiger partial charge in [-0.25, -0.2) is 4.98 Å². The number of aromatic nitrogens is 1. The van der Waals surface area contributed by atoms with Gasteiger partial charge < -0.3 is 5.73 Å². The van der Waals surface area contributed by atoms with Crippen LogP contribution in [0.25, 0.3) is 0 Å². The van der Waals surface area contributed by atoms with Crippen molar-refractivity contribution >= 4 is 11.3 Å². The van der Waals surface area contributed by atoms with Crippen LogP contribution >= 0.6 is 11.3 Å². The zero-order valence-electron chi connectivity index (χ0n) is 8.97. The SMILES string of the molecule is CCC(N)(CC)c1nc2c(s1)CCC2. The van der Waals surface area contributed by atoms with Gasteiger partial charge in [-0.1, -0.05) is 13.8 Å². The summed E-state index contributed by atoms with van der Waals surface area (Å²) in [7, 11) is 0. The molecule has 3 heteroatoms. The predicted octanol–water partition coefficient (Wildman–Crippen LogP) is 2.61. The summed E-state index contributed by atoms with van der Waals surface area (Å²) in [6.07, 6.45) is 5.63. The minimum Gasteiger partial charge on any atom is -0.319 e. The molecule has 0 aromatic carbocycles. The first-order valence-corrected chi connectivity index (χ1v) is 6.29. The van der Waals surface area contributed by atoms with Crippen LogP contribution < -0.4 is 5.73 Å². The molecule has 0 spiro atoms. The minimum absolute atomic E-state index is 0.172. The maximum absolute atomic E-state index is 6.33. The first kappa shape index (κ1) is 10.1. The smallest absolute Gasteiger partial charge is 0.113 e. The minimum atomic E-state index is -0.172. The molecule has 0 saturated heterocycles. The van der Waals surface area contributed by atoms with Crippen LogP contribution in [-0.4, -0.2) is 4.98 Å². The lowest BCUT2D eigenvalue weighted by Gasteiger charge is -2.23. The number of aryl methyl sites for hydroxylation is 2. The second-order valence-electron chi connectivity index (χ2n) is 4.11. The Hall–Kier alpha value is -0.410. The van der Waals surface area contributed by atoms with Gasteiger partial charge in [-0.15, -0.1) is 11.3 Å². The highest BCUT2D eigenvalue weighted by Crippen LogP contribution is 2.35.